The predicted molar refractivity (Wildman–Crippen MR) is 84.1 cm³/mol. The molecule has 2 heterocycles. The monoisotopic (exact) mass is 336 g/mol. The molecule has 2 aromatic rings. The van der Waals surface area contributed by atoms with Gasteiger partial charge in [0.1, 0.15) is 28.9 Å². The van der Waals surface area contributed by atoms with Crippen LogP contribution >= 0.6 is 11.3 Å². The molecule has 1 aliphatic rings. The molecule has 0 saturated carbocycles. The Morgan fingerprint density at radius 3 is 3.00 bits per heavy atom. The lowest BCUT2D eigenvalue weighted by molar-refractivity contribution is 0.0940. The topological polar surface area (TPSA) is 60.5 Å². The van der Waals surface area contributed by atoms with E-state index in [4.69, 9.17) is 9.47 Å². The van der Waals surface area contributed by atoms with Gasteiger partial charge in [-0.05, 0) is 30.7 Å². The van der Waals surface area contributed by atoms with Crippen molar-refractivity contribution in [1.82, 2.24) is 10.3 Å². The molecule has 1 aromatic carbocycles. The van der Waals surface area contributed by atoms with Gasteiger partial charge < -0.3 is 14.8 Å². The van der Waals surface area contributed by atoms with E-state index in [1.54, 1.807) is 17.5 Å². The van der Waals surface area contributed by atoms with Crippen LogP contribution in [-0.2, 0) is 11.3 Å². The van der Waals surface area contributed by atoms with Crippen LogP contribution in [-0.4, -0.2) is 30.6 Å². The van der Waals surface area contributed by atoms with E-state index in [-0.39, 0.29) is 18.3 Å². The quantitative estimate of drug-likeness (QED) is 0.881. The minimum atomic E-state index is -0.307. The lowest BCUT2D eigenvalue weighted by Crippen LogP contribution is -2.29. The van der Waals surface area contributed by atoms with Gasteiger partial charge in [0.15, 0.2) is 0 Å². The largest absolute Gasteiger partial charge is 0.486 e. The van der Waals surface area contributed by atoms with Gasteiger partial charge in [0.05, 0.1) is 6.61 Å². The number of hydrogen-bond acceptors (Lipinski definition) is 5. The first-order valence-corrected chi connectivity index (χ1v) is 8.27. The zero-order valence-electron chi connectivity index (χ0n) is 12.5. The number of ether oxygens (including phenoxy) is 2. The van der Waals surface area contributed by atoms with Gasteiger partial charge in [-0.15, -0.1) is 11.3 Å². The van der Waals surface area contributed by atoms with E-state index in [1.165, 1.54) is 23.5 Å². The molecule has 0 aliphatic carbocycles. The molecule has 1 amide bonds. The average Bonchev–Trinajstić information content (AvgIpc) is 3.24. The van der Waals surface area contributed by atoms with Crippen LogP contribution in [0.4, 0.5) is 4.39 Å². The summed E-state index contributed by atoms with van der Waals surface area (Å²) in [5.74, 6) is 0.465. The summed E-state index contributed by atoms with van der Waals surface area (Å²) >= 11 is 1.36. The number of nitrogens with zero attached hydrogens (tertiary/aromatic N) is 1. The molecule has 1 fully saturated rings. The minimum absolute atomic E-state index is 0.179. The molecule has 1 N–H and O–H groups in total. The molecule has 1 aliphatic heterocycles. The summed E-state index contributed by atoms with van der Waals surface area (Å²) in [5.41, 5.74) is 0.395. The highest BCUT2D eigenvalue weighted by Crippen LogP contribution is 2.16. The molecular weight excluding hydrogens is 319 g/mol. The molecule has 3 rings (SSSR count). The van der Waals surface area contributed by atoms with E-state index < -0.39 is 0 Å². The Labute approximate surface area is 137 Å². The number of thiazole rings is 1. The Morgan fingerprint density at radius 2 is 2.26 bits per heavy atom. The number of hydrogen-bond donors (Lipinski definition) is 1. The van der Waals surface area contributed by atoms with Gasteiger partial charge in [-0.3, -0.25) is 4.79 Å². The summed E-state index contributed by atoms with van der Waals surface area (Å²) < 4.78 is 23.6. The van der Waals surface area contributed by atoms with Gasteiger partial charge in [-0.25, -0.2) is 9.37 Å². The number of carbonyl (C=O) groups is 1. The van der Waals surface area contributed by atoms with Gasteiger partial charge in [0.25, 0.3) is 5.91 Å². The van der Waals surface area contributed by atoms with Gasteiger partial charge in [-0.2, -0.15) is 0 Å². The maximum absolute atomic E-state index is 12.8. The molecule has 23 heavy (non-hydrogen) atoms. The molecule has 1 aromatic heterocycles. The summed E-state index contributed by atoms with van der Waals surface area (Å²) in [6, 6.07) is 5.78. The molecule has 0 radical (unpaired) electrons. The minimum Gasteiger partial charge on any atom is -0.486 e. The third kappa shape index (κ3) is 4.49. The fourth-order valence-electron chi connectivity index (χ4n) is 2.23. The van der Waals surface area contributed by atoms with Crippen molar-refractivity contribution < 1.29 is 18.7 Å². The highest BCUT2D eigenvalue weighted by molar-refractivity contribution is 7.09. The van der Waals surface area contributed by atoms with Crippen LogP contribution in [0.25, 0.3) is 0 Å². The lowest BCUT2D eigenvalue weighted by Gasteiger charge is -2.07. The number of benzene rings is 1. The van der Waals surface area contributed by atoms with Crippen LogP contribution in [0.15, 0.2) is 29.6 Å². The highest BCUT2D eigenvalue weighted by Gasteiger charge is 2.18. The average molecular weight is 336 g/mol. The third-order valence-electron chi connectivity index (χ3n) is 3.54. The lowest BCUT2D eigenvalue weighted by atomic mass is 10.1. The Bertz CT molecular complexity index is 654. The van der Waals surface area contributed by atoms with Crippen LogP contribution in [0.2, 0.25) is 0 Å². The standard InChI is InChI=1S/C16H17FN2O3S/c17-12-1-3-13(4-2-12)22-9-15-19-14(10-23-15)16(20)18-7-11-5-6-21-8-11/h1-4,10-11H,5-9H2,(H,18,20). The van der Waals surface area contributed by atoms with E-state index in [0.717, 1.165) is 13.0 Å². The molecule has 0 bridgehead atoms. The van der Waals surface area contributed by atoms with Crippen LogP contribution in [0, 0.1) is 11.7 Å². The Balaban J connectivity index is 1.48. The van der Waals surface area contributed by atoms with Gasteiger partial charge >= 0.3 is 0 Å². The normalized spacial score (nSPS) is 17.2. The first-order valence-electron chi connectivity index (χ1n) is 7.39. The van der Waals surface area contributed by atoms with E-state index in [9.17, 15) is 9.18 Å². The molecule has 122 valence electrons. The smallest absolute Gasteiger partial charge is 0.270 e. The number of rotatable bonds is 6. The Morgan fingerprint density at radius 1 is 1.43 bits per heavy atom. The van der Waals surface area contributed by atoms with E-state index >= 15 is 0 Å². The summed E-state index contributed by atoms with van der Waals surface area (Å²) in [6.07, 6.45) is 0.980. The second-order valence-electron chi connectivity index (χ2n) is 5.31. The van der Waals surface area contributed by atoms with Crippen molar-refractivity contribution in [2.45, 2.75) is 13.0 Å². The van der Waals surface area contributed by atoms with Gasteiger partial charge in [0.2, 0.25) is 0 Å². The molecule has 1 saturated heterocycles. The van der Waals surface area contributed by atoms with Gasteiger partial charge in [0, 0.05) is 24.4 Å². The van der Waals surface area contributed by atoms with Crippen LogP contribution in [0.1, 0.15) is 21.9 Å². The van der Waals surface area contributed by atoms with Crippen LogP contribution < -0.4 is 10.1 Å². The second kappa shape index (κ2) is 7.52. The van der Waals surface area contributed by atoms with E-state index in [1.807, 2.05) is 0 Å². The van der Waals surface area contributed by atoms with Crippen molar-refractivity contribution in [2.24, 2.45) is 5.92 Å². The number of amides is 1. The maximum Gasteiger partial charge on any atom is 0.270 e. The molecule has 0 spiro atoms. The number of carbonyl (C=O) groups excluding carboxylic acids is 1. The summed E-state index contributed by atoms with van der Waals surface area (Å²) in [7, 11) is 0. The third-order valence-corrected chi connectivity index (χ3v) is 4.36. The van der Waals surface area contributed by atoms with E-state index in [2.05, 4.69) is 10.3 Å². The van der Waals surface area contributed by atoms with Crippen molar-refractivity contribution in [1.29, 1.82) is 0 Å². The van der Waals surface area contributed by atoms with Crippen molar-refractivity contribution in [2.75, 3.05) is 19.8 Å². The SMILES string of the molecule is O=C(NCC1CCOC1)c1csc(COc2ccc(F)cc2)n1. The molecular formula is C16H17FN2O3S. The van der Waals surface area contributed by atoms with E-state index in [0.29, 0.717) is 35.5 Å². The zero-order valence-corrected chi connectivity index (χ0v) is 13.3. The maximum atomic E-state index is 12.8. The molecule has 1 unspecified atom stereocenters. The summed E-state index contributed by atoms with van der Waals surface area (Å²) in [5, 5.41) is 5.29. The fraction of sp³-hybridized carbons (Fsp3) is 0.375. The van der Waals surface area contributed by atoms with Crippen molar-refractivity contribution in [3.8, 4) is 5.75 Å². The fourth-order valence-corrected chi connectivity index (χ4v) is 2.91. The first kappa shape index (κ1) is 15.9. The Hall–Kier alpha value is -1.99. The van der Waals surface area contributed by atoms with Crippen molar-refractivity contribution in [3.63, 3.8) is 0 Å². The number of aromatic nitrogens is 1. The molecule has 7 heteroatoms. The Kier molecular flexibility index (Phi) is 5.19. The second-order valence-corrected chi connectivity index (χ2v) is 6.25. The number of halogens is 1. The highest BCUT2D eigenvalue weighted by atomic mass is 32.1. The predicted octanol–water partition coefficient (Wildman–Crippen LogP) is 2.63. The van der Waals surface area contributed by atoms with Gasteiger partial charge in [-0.1, -0.05) is 0 Å². The molecule has 1 atom stereocenters. The van der Waals surface area contributed by atoms with Crippen molar-refractivity contribution in [3.05, 3.63) is 46.2 Å². The molecule has 5 nitrogen and oxygen atoms in total. The van der Waals surface area contributed by atoms with Crippen LogP contribution in [0.5, 0.6) is 5.75 Å². The van der Waals surface area contributed by atoms with Crippen LogP contribution in [0.3, 0.4) is 0 Å². The van der Waals surface area contributed by atoms with Crippen molar-refractivity contribution >= 4 is 17.2 Å². The number of nitrogens with one attached hydrogen (secondary N) is 1. The summed E-state index contributed by atoms with van der Waals surface area (Å²) in [4.78, 5) is 16.3. The summed E-state index contributed by atoms with van der Waals surface area (Å²) in [6.45, 7) is 2.33. The zero-order chi connectivity index (χ0) is 16.1. The first-order chi connectivity index (χ1) is 11.2.